The van der Waals surface area contributed by atoms with Crippen LogP contribution in [0, 0.1) is 0 Å². The molecule has 45 valence electrons. The molecule has 0 amide bonds. The molecule has 0 bridgehead atoms. The molecule has 0 aromatic heterocycles. The van der Waals surface area contributed by atoms with Crippen LogP contribution in [-0.2, 0) is 0 Å². The van der Waals surface area contributed by atoms with Crippen molar-refractivity contribution in [1.29, 1.82) is 0 Å². The van der Waals surface area contributed by atoms with Gasteiger partial charge in [0.25, 0.3) is 0 Å². The highest BCUT2D eigenvalue weighted by Gasteiger charge is 2.08. The first-order chi connectivity index (χ1) is 3.93. The quantitative estimate of drug-likeness (QED) is 0.460. The summed E-state index contributed by atoms with van der Waals surface area (Å²) in [6.45, 7) is 7.66. The molecule has 0 unspecified atom stereocenters. The van der Waals surface area contributed by atoms with Gasteiger partial charge in [-0.15, -0.1) is 6.58 Å². The lowest BCUT2D eigenvalue weighted by Crippen LogP contribution is -2.20. The van der Waals surface area contributed by atoms with Gasteiger partial charge in [0.05, 0.1) is 6.67 Å². The van der Waals surface area contributed by atoms with Crippen molar-refractivity contribution < 1.29 is 0 Å². The van der Waals surface area contributed by atoms with Gasteiger partial charge in [-0.25, -0.2) is 5.32 Å². The molecule has 0 saturated carbocycles. The molecule has 1 radical (unpaired) electrons. The van der Waals surface area contributed by atoms with Crippen molar-refractivity contribution in [2.75, 3.05) is 26.3 Å². The lowest BCUT2D eigenvalue weighted by atomic mass is 10.5. The highest BCUT2D eigenvalue weighted by molar-refractivity contribution is 4.75. The first-order valence-corrected chi connectivity index (χ1v) is 2.90. The summed E-state index contributed by atoms with van der Waals surface area (Å²) < 4.78 is 0. The molecule has 1 heterocycles. The fourth-order valence-corrected chi connectivity index (χ4v) is 0.827. The Bertz CT molecular complexity index is 74.6. The predicted octanol–water partition coefficient (Wildman–Crippen LogP) is 0.0499. The second-order valence-electron chi connectivity index (χ2n) is 1.95. The van der Waals surface area contributed by atoms with Gasteiger partial charge in [0.1, 0.15) is 0 Å². The van der Waals surface area contributed by atoms with E-state index in [4.69, 9.17) is 0 Å². The number of hydrogen-bond donors (Lipinski definition) is 0. The Hall–Kier alpha value is -0.340. The smallest absolute Gasteiger partial charge is 0.0652 e. The van der Waals surface area contributed by atoms with E-state index in [1.165, 1.54) is 0 Å². The van der Waals surface area contributed by atoms with E-state index in [1.54, 1.807) is 0 Å². The molecule has 0 aliphatic carbocycles. The normalized spacial score (nSPS) is 21.5. The second kappa shape index (κ2) is 2.84. The molecule has 1 saturated heterocycles. The SMILES string of the molecule is C=CCN1CC[N]C1. The molecule has 1 aliphatic rings. The Balaban J connectivity index is 2.14. The van der Waals surface area contributed by atoms with E-state index >= 15 is 0 Å². The van der Waals surface area contributed by atoms with Gasteiger partial charge < -0.3 is 0 Å². The zero-order valence-electron chi connectivity index (χ0n) is 5.01. The van der Waals surface area contributed by atoms with Crippen LogP contribution in [0.1, 0.15) is 0 Å². The zero-order valence-corrected chi connectivity index (χ0v) is 5.01. The van der Waals surface area contributed by atoms with E-state index in [2.05, 4.69) is 16.8 Å². The van der Waals surface area contributed by atoms with E-state index in [0.717, 1.165) is 26.3 Å². The molecule has 2 nitrogen and oxygen atoms in total. The summed E-state index contributed by atoms with van der Waals surface area (Å²) in [5.41, 5.74) is 0. The standard InChI is InChI=1S/C6H11N2/c1-2-4-8-5-3-7-6-8/h2H,1,3-6H2. The minimum atomic E-state index is 0.909. The van der Waals surface area contributed by atoms with Crippen molar-refractivity contribution in [2.45, 2.75) is 0 Å². The predicted molar refractivity (Wildman–Crippen MR) is 33.6 cm³/mol. The number of nitrogens with zero attached hydrogens (tertiary/aromatic N) is 2. The van der Waals surface area contributed by atoms with Gasteiger partial charge in [-0.2, -0.15) is 0 Å². The first kappa shape index (κ1) is 5.79. The molecule has 1 fully saturated rings. The topological polar surface area (TPSA) is 17.3 Å². The largest absolute Gasteiger partial charge is 0.284 e. The van der Waals surface area contributed by atoms with Gasteiger partial charge in [-0.05, 0) is 0 Å². The maximum Gasteiger partial charge on any atom is 0.0652 e. The summed E-state index contributed by atoms with van der Waals surface area (Å²) in [7, 11) is 0. The van der Waals surface area contributed by atoms with Gasteiger partial charge in [0.15, 0.2) is 0 Å². The fourth-order valence-electron chi connectivity index (χ4n) is 0.827. The van der Waals surface area contributed by atoms with Gasteiger partial charge in [-0.3, -0.25) is 4.90 Å². The maximum absolute atomic E-state index is 4.16. The summed E-state index contributed by atoms with van der Waals surface area (Å²) in [6, 6.07) is 0. The highest BCUT2D eigenvalue weighted by Crippen LogP contribution is 1.91. The van der Waals surface area contributed by atoms with Gasteiger partial charge >= 0.3 is 0 Å². The van der Waals surface area contributed by atoms with Crippen LogP contribution in [0.25, 0.3) is 0 Å². The Morgan fingerprint density at radius 2 is 2.62 bits per heavy atom. The monoisotopic (exact) mass is 111 g/mol. The van der Waals surface area contributed by atoms with Crippen LogP contribution in [-0.4, -0.2) is 31.2 Å². The highest BCUT2D eigenvalue weighted by atomic mass is 15.3. The minimum absolute atomic E-state index is 0.909. The van der Waals surface area contributed by atoms with Crippen molar-refractivity contribution in [3.63, 3.8) is 0 Å². The summed E-state index contributed by atoms with van der Waals surface area (Å²) >= 11 is 0. The molecule has 8 heavy (non-hydrogen) atoms. The summed E-state index contributed by atoms with van der Waals surface area (Å²) in [4.78, 5) is 2.26. The van der Waals surface area contributed by atoms with Crippen LogP contribution in [0.2, 0.25) is 0 Å². The van der Waals surface area contributed by atoms with E-state index in [-0.39, 0.29) is 0 Å². The van der Waals surface area contributed by atoms with Crippen molar-refractivity contribution in [1.82, 2.24) is 10.2 Å². The lowest BCUT2D eigenvalue weighted by molar-refractivity contribution is 0.371. The van der Waals surface area contributed by atoms with Gasteiger partial charge in [-0.1, -0.05) is 6.08 Å². The summed E-state index contributed by atoms with van der Waals surface area (Å²) in [6.07, 6.45) is 1.92. The van der Waals surface area contributed by atoms with Gasteiger partial charge in [0.2, 0.25) is 0 Å². The third-order valence-electron chi connectivity index (χ3n) is 1.26. The number of hydrogen-bond acceptors (Lipinski definition) is 1. The molecule has 0 atom stereocenters. The molecule has 0 N–H and O–H groups in total. The van der Waals surface area contributed by atoms with Crippen LogP contribution >= 0.6 is 0 Å². The molecular formula is C6H11N2. The van der Waals surface area contributed by atoms with Crippen LogP contribution in [0.4, 0.5) is 0 Å². The van der Waals surface area contributed by atoms with Crippen LogP contribution < -0.4 is 5.32 Å². The first-order valence-electron chi connectivity index (χ1n) is 2.90. The van der Waals surface area contributed by atoms with Crippen LogP contribution in [0.3, 0.4) is 0 Å². The average molecular weight is 111 g/mol. The van der Waals surface area contributed by atoms with Crippen molar-refractivity contribution in [2.24, 2.45) is 0 Å². The third kappa shape index (κ3) is 1.32. The van der Waals surface area contributed by atoms with Crippen LogP contribution in [0.15, 0.2) is 12.7 Å². The number of rotatable bonds is 2. The molecule has 0 spiro atoms. The van der Waals surface area contributed by atoms with E-state index in [9.17, 15) is 0 Å². The molecule has 2 heteroatoms. The van der Waals surface area contributed by atoms with E-state index < -0.39 is 0 Å². The Kier molecular flexibility index (Phi) is 2.06. The third-order valence-corrected chi connectivity index (χ3v) is 1.26. The average Bonchev–Trinajstić information content (AvgIpc) is 2.19. The van der Waals surface area contributed by atoms with E-state index in [1.807, 2.05) is 6.08 Å². The van der Waals surface area contributed by atoms with Gasteiger partial charge in [0, 0.05) is 19.6 Å². The van der Waals surface area contributed by atoms with Crippen molar-refractivity contribution >= 4 is 0 Å². The fraction of sp³-hybridized carbons (Fsp3) is 0.667. The Morgan fingerprint density at radius 3 is 3.12 bits per heavy atom. The molecule has 0 aromatic rings. The minimum Gasteiger partial charge on any atom is -0.284 e. The zero-order chi connectivity index (χ0) is 5.82. The van der Waals surface area contributed by atoms with Crippen molar-refractivity contribution in [3.05, 3.63) is 12.7 Å². The van der Waals surface area contributed by atoms with Crippen molar-refractivity contribution in [3.8, 4) is 0 Å². The molecule has 0 aromatic carbocycles. The second-order valence-corrected chi connectivity index (χ2v) is 1.95. The Morgan fingerprint density at radius 1 is 1.75 bits per heavy atom. The molecule has 1 rings (SSSR count). The molecular weight excluding hydrogens is 100 g/mol. The lowest BCUT2D eigenvalue weighted by Gasteiger charge is -2.07. The van der Waals surface area contributed by atoms with Crippen LogP contribution in [0.5, 0.6) is 0 Å². The molecule has 1 aliphatic heterocycles. The summed E-state index contributed by atoms with van der Waals surface area (Å²) in [5.74, 6) is 0. The Labute approximate surface area is 50.2 Å². The van der Waals surface area contributed by atoms with E-state index in [0.29, 0.717) is 0 Å². The summed E-state index contributed by atoms with van der Waals surface area (Å²) in [5, 5.41) is 4.16. The maximum atomic E-state index is 4.16.